The van der Waals surface area contributed by atoms with E-state index in [1.54, 1.807) is 0 Å². The van der Waals surface area contributed by atoms with Crippen LogP contribution in [0.3, 0.4) is 0 Å². The van der Waals surface area contributed by atoms with Gasteiger partial charge in [-0.2, -0.15) is 0 Å². The third-order valence-corrected chi connectivity index (χ3v) is 10.2. The lowest BCUT2D eigenvalue weighted by Crippen LogP contribution is -2.00. The van der Waals surface area contributed by atoms with Crippen molar-refractivity contribution in [1.82, 2.24) is 24.9 Å². The summed E-state index contributed by atoms with van der Waals surface area (Å²) < 4.78 is 0. The van der Waals surface area contributed by atoms with Crippen molar-refractivity contribution in [2.24, 2.45) is 0 Å². The average Bonchev–Trinajstić information content (AvgIpc) is 3.29. The fraction of sp³-hybridized carbons (Fsp3) is 0. The lowest BCUT2D eigenvalue weighted by atomic mass is 9.90. The quantitative estimate of drug-likeness (QED) is 0.164. The summed E-state index contributed by atoms with van der Waals surface area (Å²) in [4.78, 5) is 25.4. The van der Waals surface area contributed by atoms with Gasteiger partial charge in [0.25, 0.3) is 0 Å². The van der Waals surface area contributed by atoms with Gasteiger partial charge in [-0.1, -0.05) is 182 Å². The fourth-order valence-corrected chi connectivity index (χ4v) is 7.47. The van der Waals surface area contributed by atoms with E-state index in [0.717, 1.165) is 77.4 Å². The summed E-state index contributed by atoms with van der Waals surface area (Å²) in [5.41, 5.74) is 9.91. The number of fused-ring (bicyclic) bond motifs is 2. The third kappa shape index (κ3) is 6.17. The molecule has 5 nitrogen and oxygen atoms in total. The van der Waals surface area contributed by atoms with Gasteiger partial charge in [0.15, 0.2) is 23.3 Å². The molecule has 8 aromatic carbocycles. The summed E-state index contributed by atoms with van der Waals surface area (Å²) in [6.07, 6.45) is 0. The molecule has 0 N–H and O–H groups in total. The molecule has 0 aliphatic heterocycles. The zero-order valence-electron chi connectivity index (χ0n) is 30.3. The van der Waals surface area contributed by atoms with E-state index in [9.17, 15) is 0 Å². The van der Waals surface area contributed by atoms with E-state index in [1.165, 1.54) is 0 Å². The number of benzene rings is 8. The van der Waals surface area contributed by atoms with Crippen molar-refractivity contribution in [2.75, 3.05) is 0 Å². The SMILES string of the molecule is c1ccc(-c2cc(-c3ccccc3)nc(-c3ccc(-c4ccc(-c5nc(-c6ccccc6)nc(-c6ccccc6)n5)c5ccccc45)c4ccccc34)n2)cc1. The smallest absolute Gasteiger partial charge is 0.164 e. The molecule has 10 rings (SSSR count). The van der Waals surface area contributed by atoms with Crippen LogP contribution in [0.4, 0.5) is 0 Å². The van der Waals surface area contributed by atoms with Crippen molar-refractivity contribution in [1.29, 1.82) is 0 Å². The maximum atomic E-state index is 5.17. The summed E-state index contributed by atoms with van der Waals surface area (Å²) >= 11 is 0. The van der Waals surface area contributed by atoms with Gasteiger partial charge < -0.3 is 0 Å². The van der Waals surface area contributed by atoms with Crippen LogP contribution in [0.1, 0.15) is 0 Å². The van der Waals surface area contributed by atoms with Crippen molar-refractivity contribution in [3.63, 3.8) is 0 Å². The molecule has 0 atom stereocenters. The van der Waals surface area contributed by atoms with Crippen LogP contribution in [0.2, 0.25) is 0 Å². The molecular formula is C51H33N5. The number of hydrogen-bond acceptors (Lipinski definition) is 5. The summed E-state index contributed by atoms with van der Waals surface area (Å²) in [5, 5.41) is 4.38. The van der Waals surface area contributed by atoms with Crippen LogP contribution in [0.15, 0.2) is 200 Å². The summed E-state index contributed by atoms with van der Waals surface area (Å²) in [6, 6.07) is 68.7. The molecule has 0 radical (unpaired) electrons. The maximum absolute atomic E-state index is 5.17. The average molecular weight is 716 g/mol. The Morgan fingerprint density at radius 1 is 0.214 bits per heavy atom. The van der Waals surface area contributed by atoms with Crippen LogP contribution in [0.25, 0.3) is 101 Å². The van der Waals surface area contributed by atoms with Crippen LogP contribution < -0.4 is 0 Å². The molecule has 0 saturated carbocycles. The zero-order chi connectivity index (χ0) is 37.3. The van der Waals surface area contributed by atoms with Gasteiger partial charge in [0, 0.05) is 33.4 Å². The highest BCUT2D eigenvalue weighted by atomic mass is 15.0. The molecule has 10 aromatic rings. The van der Waals surface area contributed by atoms with Crippen LogP contribution in [0, 0.1) is 0 Å². The standard InChI is InChI=1S/C51H33N5/c1-5-17-34(18-6-1)46-33-47(35-19-7-2-8-20-35)53-50(52-46)44-31-29-42(38-25-13-15-27-40(38)44)43-30-32-45(41-28-16-14-26-39(41)43)51-55-48(36-21-9-3-10-22-36)54-49(56-51)37-23-11-4-12-24-37/h1-33H. The van der Waals surface area contributed by atoms with Gasteiger partial charge in [-0.25, -0.2) is 24.9 Å². The fourth-order valence-electron chi connectivity index (χ4n) is 7.47. The van der Waals surface area contributed by atoms with E-state index in [0.29, 0.717) is 23.3 Å². The second kappa shape index (κ2) is 14.3. The molecule has 0 amide bonds. The third-order valence-electron chi connectivity index (χ3n) is 10.2. The van der Waals surface area contributed by atoms with E-state index in [4.69, 9.17) is 24.9 Å². The first-order chi connectivity index (χ1) is 27.8. The Morgan fingerprint density at radius 3 is 0.893 bits per heavy atom. The van der Waals surface area contributed by atoms with Crippen LogP contribution in [0.5, 0.6) is 0 Å². The Kier molecular flexibility index (Phi) is 8.43. The monoisotopic (exact) mass is 715 g/mol. The van der Waals surface area contributed by atoms with E-state index >= 15 is 0 Å². The summed E-state index contributed by atoms with van der Waals surface area (Å²) in [7, 11) is 0. The largest absolute Gasteiger partial charge is 0.228 e. The molecule has 0 aliphatic carbocycles. The van der Waals surface area contributed by atoms with E-state index in [1.807, 2.05) is 97.1 Å². The first-order valence-electron chi connectivity index (χ1n) is 18.7. The van der Waals surface area contributed by atoms with Crippen LogP contribution in [-0.2, 0) is 0 Å². The van der Waals surface area contributed by atoms with Gasteiger partial charge in [-0.05, 0) is 50.9 Å². The number of nitrogens with zero attached hydrogens (tertiary/aromatic N) is 5. The van der Waals surface area contributed by atoms with Crippen molar-refractivity contribution in [3.8, 4) is 79.2 Å². The Morgan fingerprint density at radius 2 is 0.500 bits per heavy atom. The number of rotatable bonds is 7. The zero-order valence-corrected chi connectivity index (χ0v) is 30.3. The molecule has 0 aliphatic rings. The molecule has 5 heteroatoms. The topological polar surface area (TPSA) is 64.5 Å². The van der Waals surface area contributed by atoms with Gasteiger partial charge in [-0.3, -0.25) is 0 Å². The van der Waals surface area contributed by atoms with Crippen molar-refractivity contribution in [3.05, 3.63) is 200 Å². The molecule has 2 aromatic heterocycles. The van der Waals surface area contributed by atoms with Crippen molar-refractivity contribution < 1.29 is 0 Å². The molecular weight excluding hydrogens is 683 g/mol. The van der Waals surface area contributed by atoms with Crippen LogP contribution >= 0.6 is 0 Å². The minimum Gasteiger partial charge on any atom is -0.228 e. The van der Waals surface area contributed by atoms with Crippen molar-refractivity contribution >= 4 is 21.5 Å². The maximum Gasteiger partial charge on any atom is 0.164 e. The highest BCUT2D eigenvalue weighted by Crippen LogP contribution is 2.41. The van der Waals surface area contributed by atoms with Crippen LogP contribution in [-0.4, -0.2) is 24.9 Å². The number of aromatic nitrogens is 5. The Hall–Kier alpha value is -7.63. The molecule has 0 saturated heterocycles. The van der Waals surface area contributed by atoms with Gasteiger partial charge in [-0.15, -0.1) is 0 Å². The first kappa shape index (κ1) is 33.0. The Labute approximate surface area is 324 Å². The second-order valence-corrected chi connectivity index (χ2v) is 13.6. The molecule has 56 heavy (non-hydrogen) atoms. The lowest BCUT2D eigenvalue weighted by molar-refractivity contribution is 1.08. The van der Waals surface area contributed by atoms with Gasteiger partial charge >= 0.3 is 0 Å². The highest BCUT2D eigenvalue weighted by Gasteiger charge is 2.19. The molecule has 2 heterocycles. The molecule has 0 fully saturated rings. The van der Waals surface area contributed by atoms with Crippen molar-refractivity contribution in [2.45, 2.75) is 0 Å². The number of hydrogen-bond donors (Lipinski definition) is 0. The highest BCUT2D eigenvalue weighted by molar-refractivity contribution is 6.11. The minimum atomic E-state index is 0.630. The summed E-state index contributed by atoms with van der Waals surface area (Å²) in [5.74, 6) is 2.59. The first-order valence-corrected chi connectivity index (χ1v) is 18.7. The van der Waals surface area contributed by atoms with E-state index in [-0.39, 0.29) is 0 Å². The molecule has 0 bridgehead atoms. The Balaban J connectivity index is 1.14. The summed E-state index contributed by atoms with van der Waals surface area (Å²) in [6.45, 7) is 0. The minimum absolute atomic E-state index is 0.630. The predicted molar refractivity (Wildman–Crippen MR) is 228 cm³/mol. The van der Waals surface area contributed by atoms with E-state index in [2.05, 4.69) is 103 Å². The molecule has 262 valence electrons. The molecule has 0 unspecified atom stereocenters. The second-order valence-electron chi connectivity index (χ2n) is 13.6. The predicted octanol–water partition coefficient (Wildman–Crippen LogP) is 12.6. The Bertz CT molecular complexity index is 2680. The van der Waals surface area contributed by atoms with E-state index < -0.39 is 0 Å². The molecule has 0 spiro atoms. The van der Waals surface area contributed by atoms with Gasteiger partial charge in [0.05, 0.1) is 11.4 Å². The lowest BCUT2D eigenvalue weighted by Gasteiger charge is -2.16. The van der Waals surface area contributed by atoms with Gasteiger partial charge in [0.1, 0.15) is 0 Å². The normalized spacial score (nSPS) is 11.2. The van der Waals surface area contributed by atoms with Gasteiger partial charge in [0.2, 0.25) is 0 Å².